The summed E-state index contributed by atoms with van der Waals surface area (Å²) in [6.45, 7) is 0.262. The molecule has 3 rings (SSSR count). The van der Waals surface area contributed by atoms with Gasteiger partial charge >= 0.3 is 0 Å². The molecule has 2 aromatic rings. The summed E-state index contributed by atoms with van der Waals surface area (Å²) in [5.41, 5.74) is 8.24. The summed E-state index contributed by atoms with van der Waals surface area (Å²) in [6.07, 6.45) is 0.653. The van der Waals surface area contributed by atoms with Crippen LogP contribution in [0.15, 0.2) is 36.4 Å². The van der Waals surface area contributed by atoms with E-state index in [9.17, 15) is 0 Å². The van der Waals surface area contributed by atoms with Crippen molar-refractivity contribution in [3.63, 3.8) is 0 Å². The molecule has 104 valence electrons. The van der Waals surface area contributed by atoms with Crippen molar-refractivity contribution in [3.05, 3.63) is 57.6 Å². The van der Waals surface area contributed by atoms with Gasteiger partial charge < -0.3 is 15.2 Å². The minimum atomic E-state index is -0.154. The van der Waals surface area contributed by atoms with Crippen molar-refractivity contribution in [3.8, 4) is 11.5 Å². The van der Waals surface area contributed by atoms with Gasteiger partial charge in [-0.2, -0.15) is 0 Å². The van der Waals surface area contributed by atoms with Crippen LogP contribution in [0.3, 0.4) is 0 Å². The zero-order valence-corrected chi connectivity index (χ0v) is 12.1. The summed E-state index contributed by atoms with van der Waals surface area (Å²) in [7, 11) is 0. The molecule has 0 bridgehead atoms. The fraction of sp³-hybridized carbons (Fsp3) is 0.200. The molecule has 0 spiro atoms. The van der Waals surface area contributed by atoms with Gasteiger partial charge in [0.05, 0.1) is 0 Å². The molecule has 1 aliphatic heterocycles. The highest BCUT2D eigenvalue weighted by atomic mass is 35.5. The van der Waals surface area contributed by atoms with Crippen LogP contribution >= 0.6 is 23.2 Å². The fourth-order valence-electron chi connectivity index (χ4n) is 2.24. The third-order valence-electron chi connectivity index (χ3n) is 3.20. The lowest BCUT2D eigenvalue weighted by Crippen LogP contribution is -2.13. The molecule has 1 aliphatic rings. The summed E-state index contributed by atoms with van der Waals surface area (Å²) in [5.74, 6) is 1.49. The lowest BCUT2D eigenvalue weighted by molar-refractivity contribution is 0.174. The molecule has 1 heterocycles. The van der Waals surface area contributed by atoms with E-state index >= 15 is 0 Å². The standard InChI is InChI=1S/C15H13Cl2NO2/c16-11-3-9(4-12(17)7-11)5-13(18)10-1-2-14-15(6-10)20-8-19-14/h1-4,6-7,13H,5,8,18H2. The minimum absolute atomic E-state index is 0.154. The maximum atomic E-state index is 6.24. The van der Waals surface area contributed by atoms with Crippen LogP contribution in [0.1, 0.15) is 17.2 Å². The van der Waals surface area contributed by atoms with E-state index in [0.29, 0.717) is 16.5 Å². The normalized spacial score (nSPS) is 14.3. The van der Waals surface area contributed by atoms with Crippen LogP contribution < -0.4 is 15.2 Å². The number of ether oxygens (including phenoxy) is 2. The van der Waals surface area contributed by atoms with Crippen molar-refractivity contribution < 1.29 is 9.47 Å². The van der Waals surface area contributed by atoms with E-state index in [1.54, 1.807) is 6.07 Å². The second-order valence-electron chi connectivity index (χ2n) is 4.70. The zero-order chi connectivity index (χ0) is 14.1. The van der Waals surface area contributed by atoms with Crippen molar-refractivity contribution in [1.82, 2.24) is 0 Å². The molecule has 0 saturated carbocycles. The van der Waals surface area contributed by atoms with Crippen LogP contribution in [0.2, 0.25) is 10.0 Å². The van der Waals surface area contributed by atoms with Crippen molar-refractivity contribution in [1.29, 1.82) is 0 Å². The van der Waals surface area contributed by atoms with Gasteiger partial charge in [-0.3, -0.25) is 0 Å². The lowest BCUT2D eigenvalue weighted by atomic mass is 9.99. The largest absolute Gasteiger partial charge is 0.454 e. The Hall–Kier alpha value is -1.42. The van der Waals surface area contributed by atoms with Gasteiger partial charge in [-0.25, -0.2) is 0 Å². The third kappa shape index (κ3) is 2.85. The lowest BCUT2D eigenvalue weighted by Gasteiger charge is -2.13. The van der Waals surface area contributed by atoms with Crippen molar-refractivity contribution >= 4 is 23.2 Å². The monoisotopic (exact) mass is 309 g/mol. The Bertz CT molecular complexity index is 626. The number of nitrogens with two attached hydrogens (primary N) is 1. The molecule has 0 fully saturated rings. The number of rotatable bonds is 3. The Labute approximate surface area is 127 Å². The third-order valence-corrected chi connectivity index (χ3v) is 3.64. The highest BCUT2D eigenvalue weighted by molar-refractivity contribution is 6.34. The molecule has 3 nitrogen and oxygen atoms in total. The van der Waals surface area contributed by atoms with Crippen LogP contribution in [0.5, 0.6) is 11.5 Å². The first-order chi connectivity index (χ1) is 9.61. The summed E-state index contributed by atoms with van der Waals surface area (Å²) < 4.78 is 10.6. The van der Waals surface area contributed by atoms with E-state index in [4.69, 9.17) is 38.4 Å². The van der Waals surface area contributed by atoms with Gasteiger partial charge in [0.1, 0.15) is 0 Å². The van der Waals surface area contributed by atoms with Gasteiger partial charge in [0, 0.05) is 16.1 Å². The molecular weight excluding hydrogens is 297 g/mol. The number of benzene rings is 2. The van der Waals surface area contributed by atoms with Crippen LogP contribution in [0, 0.1) is 0 Å². The van der Waals surface area contributed by atoms with Crippen LogP contribution in [-0.2, 0) is 6.42 Å². The molecule has 1 unspecified atom stereocenters. The number of hydrogen-bond donors (Lipinski definition) is 1. The zero-order valence-electron chi connectivity index (χ0n) is 10.6. The molecule has 0 amide bonds. The summed E-state index contributed by atoms with van der Waals surface area (Å²) in [5, 5.41) is 1.23. The molecule has 5 heteroatoms. The summed E-state index contributed by atoms with van der Waals surface area (Å²) >= 11 is 12.0. The Morgan fingerprint density at radius 3 is 2.45 bits per heavy atom. The first kappa shape index (κ1) is 13.6. The van der Waals surface area contributed by atoms with Crippen LogP contribution in [0.25, 0.3) is 0 Å². The van der Waals surface area contributed by atoms with Gasteiger partial charge in [0.2, 0.25) is 6.79 Å². The second kappa shape index (κ2) is 5.52. The maximum Gasteiger partial charge on any atom is 0.231 e. The Morgan fingerprint density at radius 2 is 1.70 bits per heavy atom. The molecule has 0 saturated heterocycles. The number of halogens is 2. The minimum Gasteiger partial charge on any atom is -0.454 e. The Balaban J connectivity index is 1.80. The van der Waals surface area contributed by atoms with E-state index in [-0.39, 0.29) is 12.8 Å². The van der Waals surface area contributed by atoms with Gasteiger partial charge in [-0.15, -0.1) is 0 Å². The molecular formula is C15H13Cl2NO2. The quantitative estimate of drug-likeness (QED) is 0.933. The topological polar surface area (TPSA) is 44.5 Å². The SMILES string of the molecule is NC(Cc1cc(Cl)cc(Cl)c1)c1ccc2c(c1)OCO2. The fourth-order valence-corrected chi connectivity index (χ4v) is 2.82. The van der Waals surface area contributed by atoms with Gasteiger partial charge in [-0.1, -0.05) is 29.3 Å². The molecule has 0 aromatic heterocycles. The predicted molar refractivity (Wildman–Crippen MR) is 79.7 cm³/mol. The van der Waals surface area contributed by atoms with Gasteiger partial charge in [0.25, 0.3) is 0 Å². The second-order valence-corrected chi connectivity index (χ2v) is 5.57. The van der Waals surface area contributed by atoms with E-state index in [2.05, 4.69) is 0 Å². The van der Waals surface area contributed by atoms with E-state index in [1.165, 1.54) is 0 Å². The highest BCUT2D eigenvalue weighted by Gasteiger charge is 2.16. The molecule has 2 N–H and O–H groups in total. The van der Waals surface area contributed by atoms with Crippen molar-refractivity contribution in [2.24, 2.45) is 5.73 Å². The summed E-state index contributed by atoms with van der Waals surface area (Å²) in [4.78, 5) is 0. The van der Waals surface area contributed by atoms with Crippen LogP contribution in [0.4, 0.5) is 0 Å². The Morgan fingerprint density at radius 1 is 1.00 bits per heavy atom. The predicted octanol–water partition coefficient (Wildman–Crippen LogP) is 3.96. The van der Waals surface area contributed by atoms with Crippen molar-refractivity contribution in [2.75, 3.05) is 6.79 Å². The smallest absolute Gasteiger partial charge is 0.231 e. The van der Waals surface area contributed by atoms with Gasteiger partial charge in [0.15, 0.2) is 11.5 Å². The summed E-state index contributed by atoms with van der Waals surface area (Å²) in [6, 6.07) is 11.0. The van der Waals surface area contributed by atoms with E-state index in [1.807, 2.05) is 30.3 Å². The molecule has 1 atom stereocenters. The van der Waals surface area contributed by atoms with Crippen LogP contribution in [-0.4, -0.2) is 6.79 Å². The molecule has 0 aliphatic carbocycles. The highest BCUT2D eigenvalue weighted by Crippen LogP contribution is 2.34. The number of hydrogen-bond acceptors (Lipinski definition) is 3. The van der Waals surface area contributed by atoms with Gasteiger partial charge in [-0.05, 0) is 47.9 Å². The average Bonchev–Trinajstić information content (AvgIpc) is 2.84. The molecule has 2 aromatic carbocycles. The van der Waals surface area contributed by atoms with E-state index < -0.39 is 0 Å². The average molecular weight is 310 g/mol. The first-order valence-corrected chi connectivity index (χ1v) is 6.97. The number of fused-ring (bicyclic) bond motifs is 1. The van der Waals surface area contributed by atoms with Crippen molar-refractivity contribution in [2.45, 2.75) is 12.5 Å². The first-order valence-electron chi connectivity index (χ1n) is 6.22. The van der Waals surface area contributed by atoms with E-state index in [0.717, 1.165) is 22.6 Å². The maximum absolute atomic E-state index is 6.24. The molecule has 0 radical (unpaired) electrons. The Kier molecular flexibility index (Phi) is 3.74. The molecule has 20 heavy (non-hydrogen) atoms.